The van der Waals surface area contributed by atoms with Crippen molar-refractivity contribution in [1.82, 2.24) is 4.98 Å². The molecule has 0 fully saturated rings. The summed E-state index contributed by atoms with van der Waals surface area (Å²) < 4.78 is 5.88. The number of hydrogen-bond acceptors (Lipinski definition) is 4. The van der Waals surface area contributed by atoms with Gasteiger partial charge in [0.15, 0.2) is 6.10 Å². The molecule has 0 aliphatic carbocycles. The van der Waals surface area contributed by atoms with Gasteiger partial charge in [-0.1, -0.05) is 18.2 Å². The number of nitrogens with one attached hydrogen (secondary N) is 1. The van der Waals surface area contributed by atoms with Gasteiger partial charge in [0.05, 0.1) is 27.6 Å². The predicted molar refractivity (Wildman–Crippen MR) is 95.0 cm³/mol. The second-order valence-electron chi connectivity index (χ2n) is 7.30. The number of aromatic amines is 1. The van der Waals surface area contributed by atoms with Crippen LogP contribution in [0.3, 0.4) is 0 Å². The van der Waals surface area contributed by atoms with Crippen LogP contribution >= 0.6 is 0 Å². The molecule has 0 saturated heterocycles. The molecule has 0 unspecified atom stereocenters. The molecule has 25 heavy (non-hydrogen) atoms. The molecule has 1 heterocycles. The fourth-order valence-corrected chi connectivity index (χ4v) is 2.82. The second-order valence-corrected chi connectivity index (χ2v) is 7.30. The minimum atomic E-state index is -1.00. The number of aromatic nitrogens is 1. The summed E-state index contributed by atoms with van der Waals surface area (Å²) in [7, 11) is 5.73. The molecule has 4 N–H and O–H groups in total. The first kappa shape index (κ1) is 19.0. The number of para-hydroxylation sites is 1. The van der Waals surface area contributed by atoms with Crippen molar-refractivity contribution in [2.75, 3.05) is 27.7 Å². The zero-order chi connectivity index (χ0) is 18.6. The first-order chi connectivity index (χ1) is 11.7. The van der Waals surface area contributed by atoms with E-state index in [-0.39, 0.29) is 6.42 Å². The Balaban J connectivity index is 2.03. The average Bonchev–Trinajstić information content (AvgIpc) is 2.88. The first-order valence-electron chi connectivity index (χ1n) is 8.19. The van der Waals surface area contributed by atoms with Crippen LogP contribution in [0.1, 0.15) is 12.0 Å². The van der Waals surface area contributed by atoms with E-state index in [9.17, 15) is 9.59 Å². The SMILES string of the molecule is C[N+](C)(C)C[C@H](CC(=O)O)OC(=O)[C@@H](N)Cc1c[nH]c2ccccc12. The summed E-state index contributed by atoms with van der Waals surface area (Å²) in [5.74, 6) is -1.58. The second kappa shape index (κ2) is 7.67. The van der Waals surface area contributed by atoms with Gasteiger partial charge in [-0.15, -0.1) is 0 Å². The monoisotopic (exact) mass is 348 g/mol. The highest BCUT2D eigenvalue weighted by Gasteiger charge is 2.27. The van der Waals surface area contributed by atoms with Gasteiger partial charge in [0.25, 0.3) is 0 Å². The van der Waals surface area contributed by atoms with Crippen molar-refractivity contribution >= 4 is 22.8 Å². The lowest BCUT2D eigenvalue weighted by molar-refractivity contribution is -0.873. The van der Waals surface area contributed by atoms with Crippen molar-refractivity contribution in [3.05, 3.63) is 36.0 Å². The third-order valence-electron chi connectivity index (χ3n) is 3.85. The first-order valence-corrected chi connectivity index (χ1v) is 8.19. The number of hydrogen-bond donors (Lipinski definition) is 3. The van der Waals surface area contributed by atoms with Crippen molar-refractivity contribution < 1.29 is 23.9 Å². The van der Waals surface area contributed by atoms with Crippen LogP contribution < -0.4 is 5.73 Å². The van der Waals surface area contributed by atoms with E-state index in [2.05, 4.69) is 4.98 Å². The van der Waals surface area contributed by atoms with E-state index in [1.807, 2.05) is 51.6 Å². The zero-order valence-electron chi connectivity index (χ0n) is 14.9. The number of quaternary nitrogens is 1. The molecule has 0 aliphatic heterocycles. The number of nitrogens with zero attached hydrogens (tertiary/aromatic N) is 1. The zero-order valence-corrected chi connectivity index (χ0v) is 14.9. The number of ether oxygens (including phenoxy) is 1. The van der Waals surface area contributed by atoms with Gasteiger partial charge in [-0.3, -0.25) is 9.59 Å². The Hall–Kier alpha value is -2.38. The van der Waals surface area contributed by atoms with Crippen molar-refractivity contribution in [3.8, 4) is 0 Å². The number of esters is 1. The highest BCUT2D eigenvalue weighted by molar-refractivity contribution is 5.84. The van der Waals surface area contributed by atoms with E-state index < -0.39 is 24.1 Å². The van der Waals surface area contributed by atoms with Gasteiger partial charge < -0.3 is 25.0 Å². The maximum absolute atomic E-state index is 12.3. The molecule has 0 saturated carbocycles. The molecule has 7 heteroatoms. The Morgan fingerprint density at radius 1 is 1.28 bits per heavy atom. The molecule has 0 bridgehead atoms. The topological polar surface area (TPSA) is 105 Å². The van der Waals surface area contributed by atoms with Gasteiger partial charge in [-0.05, 0) is 11.6 Å². The summed E-state index contributed by atoms with van der Waals surface area (Å²) in [6.07, 6.45) is 1.21. The van der Waals surface area contributed by atoms with Crippen LogP contribution in [0.4, 0.5) is 0 Å². The summed E-state index contributed by atoms with van der Waals surface area (Å²) in [4.78, 5) is 26.5. The van der Waals surface area contributed by atoms with Gasteiger partial charge in [0.2, 0.25) is 0 Å². The molecule has 1 aromatic heterocycles. The van der Waals surface area contributed by atoms with Crippen LogP contribution in [0.2, 0.25) is 0 Å². The summed E-state index contributed by atoms with van der Waals surface area (Å²) in [6.45, 7) is 0.401. The van der Waals surface area contributed by atoms with Crippen LogP contribution in [0.15, 0.2) is 30.5 Å². The maximum atomic E-state index is 12.3. The van der Waals surface area contributed by atoms with Crippen molar-refractivity contribution in [1.29, 1.82) is 0 Å². The molecule has 0 aliphatic rings. The minimum absolute atomic E-state index is 0.235. The van der Waals surface area contributed by atoms with Crippen molar-refractivity contribution in [3.63, 3.8) is 0 Å². The number of H-pyrrole nitrogens is 1. The molecule has 2 rings (SSSR count). The predicted octanol–water partition coefficient (Wildman–Crippen LogP) is 1.13. The Kier molecular flexibility index (Phi) is 5.81. The van der Waals surface area contributed by atoms with Gasteiger partial charge in [0.1, 0.15) is 12.6 Å². The average molecular weight is 348 g/mol. The largest absolute Gasteiger partial charge is 0.481 e. The van der Waals surface area contributed by atoms with E-state index in [1.165, 1.54) is 0 Å². The molecule has 0 spiro atoms. The van der Waals surface area contributed by atoms with E-state index in [1.54, 1.807) is 0 Å². The molecule has 2 aromatic rings. The van der Waals surface area contributed by atoms with Gasteiger partial charge in [-0.25, -0.2) is 0 Å². The number of likely N-dealkylation sites (N-methyl/N-ethyl adjacent to an activating group) is 1. The van der Waals surface area contributed by atoms with E-state index in [4.69, 9.17) is 15.6 Å². The molecule has 7 nitrogen and oxygen atoms in total. The third-order valence-corrected chi connectivity index (χ3v) is 3.85. The number of fused-ring (bicyclic) bond motifs is 1. The van der Waals surface area contributed by atoms with Crippen molar-refractivity contribution in [2.45, 2.75) is 25.0 Å². The molecular weight excluding hydrogens is 322 g/mol. The highest BCUT2D eigenvalue weighted by Crippen LogP contribution is 2.19. The summed E-state index contributed by atoms with van der Waals surface area (Å²) in [5.41, 5.74) is 7.91. The lowest BCUT2D eigenvalue weighted by Gasteiger charge is -2.28. The van der Waals surface area contributed by atoms with Crippen molar-refractivity contribution in [2.24, 2.45) is 5.73 Å². The number of nitrogens with two attached hydrogens (primary N) is 1. The third kappa shape index (κ3) is 5.58. The Bertz CT molecular complexity index is 748. The lowest BCUT2D eigenvalue weighted by Crippen LogP contribution is -2.46. The quantitative estimate of drug-likeness (QED) is 0.490. The van der Waals surface area contributed by atoms with Gasteiger partial charge in [-0.2, -0.15) is 0 Å². The molecule has 0 amide bonds. The number of rotatable bonds is 8. The Labute approximate surface area is 147 Å². The number of aliphatic carboxylic acids is 1. The summed E-state index contributed by atoms with van der Waals surface area (Å²) in [5, 5.41) is 10.0. The van der Waals surface area contributed by atoms with Crippen LogP contribution in [0.25, 0.3) is 10.9 Å². The van der Waals surface area contributed by atoms with Crippen LogP contribution in [0, 0.1) is 0 Å². The Morgan fingerprint density at radius 2 is 1.96 bits per heavy atom. The molecule has 2 atom stereocenters. The molecule has 0 radical (unpaired) electrons. The van der Waals surface area contributed by atoms with Crippen LogP contribution in [-0.4, -0.2) is 66.3 Å². The summed E-state index contributed by atoms with van der Waals surface area (Å²) >= 11 is 0. The Morgan fingerprint density at radius 3 is 2.60 bits per heavy atom. The van der Waals surface area contributed by atoms with Crippen LogP contribution in [0.5, 0.6) is 0 Å². The molecule has 136 valence electrons. The fourth-order valence-electron chi connectivity index (χ4n) is 2.82. The van der Waals surface area contributed by atoms with Crippen LogP contribution in [-0.2, 0) is 20.7 Å². The standard InChI is InChI=1S/C18H25N3O4/c1-21(2,3)11-13(9-17(22)23)25-18(24)15(19)8-12-10-20-16-7-5-4-6-14(12)16/h4-7,10,13,15,20H,8-9,11,19H2,1-3H3/p+1/t13-,15-/m0/s1. The molecular formula is C18H26N3O4+. The number of benzene rings is 1. The fraction of sp³-hybridized carbons (Fsp3) is 0.444. The smallest absolute Gasteiger partial charge is 0.323 e. The van der Waals surface area contributed by atoms with E-state index >= 15 is 0 Å². The highest BCUT2D eigenvalue weighted by atomic mass is 16.5. The van der Waals surface area contributed by atoms with E-state index in [0.717, 1.165) is 16.5 Å². The van der Waals surface area contributed by atoms with Gasteiger partial charge >= 0.3 is 11.9 Å². The summed E-state index contributed by atoms with van der Waals surface area (Å²) in [6, 6.07) is 6.92. The van der Waals surface area contributed by atoms with Gasteiger partial charge in [0, 0.05) is 23.5 Å². The maximum Gasteiger partial charge on any atom is 0.323 e. The minimum Gasteiger partial charge on any atom is -0.481 e. The molecule has 1 aromatic carbocycles. The number of carboxylic acids is 1. The number of carbonyl (C=O) groups excluding carboxylic acids is 1. The van der Waals surface area contributed by atoms with E-state index in [0.29, 0.717) is 17.4 Å². The number of carbonyl (C=O) groups is 2. The lowest BCUT2D eigenvalue weighted by atomic mass is 10.1. The number of carboxylic acid groups (broad SMARTS) is 1. The normalized spacial score (nSPS) is 14.2.